The van der Waals surface area contributed by atoms with Crippen LogP contribution in [0.25, 0.3) is 77.9 Å². The number of fused-ring (bicyclic) bond motifs is 3. The average Bonchev–Trinajstić information content (AvgIpc) is 3.61. The monoisotopic (exact) mass is 817 g/mol. The van der Waals surface area contributed by atoms with Crippen molar-refractivity contribution in [1.82, 2.24) is 0 Å². The molecule has 1 heteroatoms. The van der Waals surface area contributed by atoms with Gasteiger partial charge in [0.05, 0.1) is 11.4 Å². The molecule has 10 aromatic carbocycles. The highest BCUT2D eigenvalue weighted by Crippen LogP contribution is 2.55. The minimum atomic E-state index is -0.229. The van der Waals surface area contributed by atoms with Gasteiger partial charge in [-0.15, -0.1) is 0 Å². The summed E-state index contributed by atoms with van der Waals surface area (Å²) in [5.74, 6) is 0. The Bertz CT molecular complexity index is 3280. The van der Waals surface area contributed by atoms with Gasteiger partial charge in [-0.05, 0) is 114 Å². The Hall–Kier alpha value is -8.00. The topological polar surface area (TPSA) is 3.24 Å². The van der Waals surface area contributed by atoms with Crippen molar-refractivity contribution in [2.24, 2.45) is 0 Å². The molecule has 0 fully saturated rings. The number of hydrogen-bond donors (Lipinski definition) is 0. The van der Waals surface area contributed by atoms with Gasteiger partial charge in [-0.1, -0.05) is 226 Å². The standard InChI is InChI=1S/C63H47N/c1-63(2)58-38-18-17-33-53(58)55-36-20-37-56(62(55)63)57-43-49(48-29-19-28-47(42-48)44-22-7-3-8-23-44)40-41-59(57)64(50-30-13-6-14-31-50)60-39-21-35-52(46-26-11-5-12-27-46)61(60)54-34-16-15-32-51(54)45-24-9-4-10-25-45/h3-43H,1-2H3. The van der Waals surface area contributed by atoms with Crippen molar-refractivity contribution >= 4 is 17.1 Å². The molecule has 0 amide bonds. The molecule has 0 saturated carbocycles. The Morgan fingerprint density at radius 1 is 0.281 bits per heavy atom. The molecule has 1 nitrogen and oxygen atoms in total. The lowest BCUT2D eigenvalue weighted by Gasteiger charge is -2.33. The van der Waals surface area contributed by atoms with Gasteiger partial charge in [0.1, 0.15) is 0 Å². The molecular formula is C63H47N. The van der Waals surface area contributed by atoms with Crippen molar-refractivity contribution in [3.8, 4) is 77.9 Å². The average molecular weight is 818 g/mol. The van der Waals surface area contributed by atoms with Crippen molar-refractivity contribution < 1.29 is 0 Å². The Kier molecular flexibility index (Phi) is 9.94. The van der Waals surface area contributed by atoms with Gasteiger partial charge in [-0.25, -0.2) is 0 Å². The van der Waals surface area contributed by atoms with E-state index in [0.29, 0.717) is 0 Å². The first kappa shape index (κ1) is 38.9. The summed E-state index contributed by atoms with van der Waals surface area (Å²) in [5, 5.41) is 0. The van der Waals surface area contributed by atoms with Crippen LogP contribution in [0.15, 0.2) is 249 Å². The van der Waals surface area contributed by atoms with Crippen LogP contribution in [0.1, 0.15) is 25.0 Å². The van der Waals surface area contributed by atoms with Gasteiger partial charge in [0.25, 0.3) is 0 Å². The summed E-state index contributed by atoms with van der Waals surface area (Å²) in [7, 11) is 0. The van der Waals surface area contributed by atoms with Crippen LogP contribution in [0, 0.1) is 0 Å². The summed E-state index contributed by atoms with van der Waals surface area (Å²) in [6.07, 6.45) is 0. The summed E-state index contributed by atoms with van der Waals surface area (Å²) in [5.41, 5.74) is 22.6. The smallest absolute Gasteiger partial charge is 0.0546 e. The second-order valence-electron chi connectivity index (χ2n) is 17.2. The van der Waals surface area contributed by atoms with Crippen molar-refractivity contribution in [3.63, 3.8) is 0 Å². The highest BCUT2D eigenvalue weighted by molar-refractivity contribution is 6.04. The first-order valence-electron chi connectivity index (χ1n) is 22.3. The number of nitrogens with zero attached hydrogens (tertiary/aromatic N) is 1. The van der Waals surface area contributed by atoms with Crippen LogP contribution >= 0.6 is 0 Å². The number of anilines is 3. The van der Waals surface area contributed by atoms with E-state index in [0.717, 1.165) is 17.1 Å². The summed E-state index contributed by atoms with van der Waals surface area (Å²) in [4.78, 5) is 2.51. The van der Waals surface area contributed by atoms with E-state index in [9.17, 15) is 0 Å². The Balaban J connectivity index is 1.22. The maximum atomic E-state index is 2.51. The van der Waals surface area contributed by atoms with Gasteiger partial charge in [-0.2, -0.15) is 0 Å². The molecule has 1 aliphatic rings. The lowest BCUT2D eigenvalue weighted by atomic mass is 9.78. The van der Waals surface area contributed by atoms with Crippen molar-refractivity contribution in [1.29, 1.82) is 0 Å². The van der Waals surface area contributed by atoms with E-state index in [1.54, 1.807) is 0 Å². The Morgan fingerprint density at radius 2 is 0.734 bits per heavy atom. The molecular weight excluding hydrogens is 771 g/mol. The van der Waals surface area contributed by atoms with Crippen LogP contribution < -0.4 is 4.90 Å². The second-order valence-corrected chi connectivity index (χ2v) is 17.2. The molecule has 0 spiro atoms. The highest BCUT2D eigenvalue weighted by atomic mass is 15.1. The van der Waals surface area contributed by atoms with E-state index in [1.165, 1.54) is 89.0 Å². The lowest BCUT2D eigenvalue weighted by molar-refractivity contribution is 0.662. The van der Waals surface area contributed by atoms with E-state index in [-0.39, 0.29) is 5.41 Å². The molecule has 1 aliphatic carbocycles. The normalized spacial score (nSPS) is 12.3. The Labute approximate surface area is 377 Å². The first-order valence-corrected chi connectivity index (χ1v) is 22.3. The molecule has 304 valence electrons. The zero-order valence-corrected chi connectivity index (χ0v) is 36.1. The third kappa shape index (κ3) is 6.83. The van der Waals surface area contributed by atoms with Crippen molar-refractivity contribution in [2.45, 2.75) is 19.3 Å². The fourth-order valence-electron chi connectivity index (χ4n) is 10.1. The third-order valence-electron chi connectivity index (χ3n) is 13.1. The minimum absolute atomic E-state index is 0.229. The predicted octanol–water partition coefficient (Wildman–Crippen LogP) is 17.5. The van der Waals surface area contributed by atoms with Gasteiger partial charge >= 0.3 is 0 Å². The molecule has 11 rings (SSSR count). The molecule has 0 atom stereocenters. The van der Waals surface area contributed by atoms with Gasteiger partial charge in [0, 0.05) is 22.2 Å². The van der Waals surface area contributed by atoms with Crippen LogP contribution in [0.4, 0.5) is 17.1 Å². The molecule has 0 aromatic heterocycles. The number of hydrogen-bond acceptors (Lipinski definition) is 1. The molecule has 0 heterocycles. The van der Waals surface area contributed by atoms with E-state index >= 15 is 0 Å². The van der Waals surface area contributed by atoms with Crippen LogP contribution in [-0.4, -0.2) is 0 Å². The van der Waals surface area contributed by atoms with E-state index in [1.807, 2.05) is 0 Å². The maximum absolute atomic E-state index is 2.51. The summed E-state index contributed by atoms with van der Waals surface area (Å²) < 4.78 is 0. The molecule has 0 N–H and O–H groups in total. The van der Waals surface area contributed by atoms with Crippen LogP contribution in [0.3, 0.4) is 0 Å². The molecule has 0 radical (unpaired) electrons. The SMILES string of the molecule is CC1(C)c2ccccc2-c2cccc(-c3cc(-c4cccc(-c5ccccc5)c4)ccc3N(c3ccccc3)c3cccc(-c4ccccc4)c3-c3ccccc3-c3ccccc3)c21. The number of para-hydroxylation sites is 1. The second kappa shape index (κ2) is 16.4. The number of benzene rings is 10. The zero-order chi connectivity index (χ0) is 43.0. The lowest BCUT2D eigenvalue weighted by Crippen LogP contribution is -2.17. The van der Waals surface area contributed by atoms with Crippen LogP contribution in [0.2, 0.25) is 0 Å². The number of rotatable bonds is 9. The summed E-state index contributed by atoms with van der Waals surface area (Å²) >= 11 is 0. The van der Waals surface area contributed by atoms with E-state index < -0.39 is 0 Å². The third-order valence-corrected chi connectivity index (χ3v) is 13.1. The highest BCUT2D eigenvalue weighted by Gasteiger charge is 2.38. The minimum Gasteiger partial charge on any atom is -0.309 e. The van der Waals surface area contributed by atoms with Crippen molar-refractivity contribution in [3.05, 3.63) is 260 Å². The van der Waals surface area contributed by atoms with Crippen LogP contribution in [0.5, 0.6) is 0 Å². The first-order chi connectivity index (χ1) is 31.5. The van der Waals surface area contributed by atoms with E-state index in [4.69, 9.17) is 0 Å². The van der Waals surface area contributed by atoms with Gasteiger partial charge < -0.3 is 4.90 Å². The van der Waals surface area contributed by atoms with Crippen LogP contribution in [-0.2, 0) is 5.41 Å². The molecule has 0 saturated heterocycles. The molecule has 0 bridgehead atoms. The fourth-order valence-corrected chi connectivity index (χ4v) is 10.1. The Morgan fingerprint density at radius 3 is 1.42 bits per heavy atom. The molecule has 10 aromatic rings. The van der Waals surface area contributed by atoms with Gasteiger partial charge in [0.15, 0.2) is 0 Å². The maximum Gasteiger partial charge on any atom is 0.0546 e. The van der Waals surface area contributed by atoms with Gasteiger partial charge in [-0.3, -0.25) is 0 Å². The van der Waals surface area contributed by atoms with E-state index in [2.05, 4.69) is 267 Å². The molecule has 64 heavy (non-hydrogen) atoms. The summed E-state index contributed by atoms with van der Waals surface area (Å²) in [6.45, 7) is 4.79. The predicted molar refractivity (Wildman–Crippen MR) is 271 cm³/mol. The molecule has 0 aliphatic heterocycles. The van der Waals surface area contributed by atoms with Gasteiger partial charge in [0.2, 0.25) is 0 Å². The zero-order valence-electron chi connectivity index (χ0n) is 36.1. The molecule has 0 unspecified atom stereocenters. The fraction of sp³-hybridized carbons (Fsp3) is 0.0476. The van der Waals surface area contributed by atoms with Crippen molar-refractivity contribution in [2.75, 3.05) is 4.90 Å². The largest absolute Gasteiger partial charge is 0.309 e. The summed E-state index contributed by atoms with van der Waals surface area (Å²) in [6, 6.07) is 91.0. The quantitative estimate of drug-likeness (QED) is 0.140.